The summed E-state index contributed by atoms with van der Waals surface area (Å²) in [5.74, 6) is 2.41. The molecule has 37 heavy (non-hydrogen) atoms. The SMILES string of the molecule is [C-]#[N+]/C(C#N)=C\C=C\c1ccc(-c2ccc3cc(-c4ccc(/C=C(\C#N)[N+]#[C-])o4)n(C(C)CC)c3c2)o1. The van der Waals surface area contributed by atoms with Gasteiger partial charge in [-0.2, -0.15) is 0 Å². The first-order valence-electron chi connectivity index (χ1n) is 11.5. The smallest absolute Gasteiger partial charge is 0.265 e. The Balaban J connectivity index is 1.74. The molecular weight excluding hydrogens is 462 g/mol. The summed E-state index contributed by atoms with van der Waals surface area (Å²) in [5.41, 5.74) is 2.82. The summed E-state index contributed by atoms with van der Waals surface area (Å²) >= 11 is 0. The quantitative estimate of drug-likeness (QED) is 0.150. The molecule has 1 aromatic carbocycles. The molecule has 1 unspecified atom stereocenters. The van der Waals surface area contributed by atoms with E-state index in [0.29, 0.717) is 23.0 Å². The number of hydrogen-bond acceptors (Lipinski definition) is 4. The van der Waals surface area contributed by atoms with Gasteiger partial charge in [-0.3, -0.25) is 0 Å². The summed E-state index contributed by atoms with van der Waals surface area (Å²) in [5, 5.41) is 18.9. The van der Waals surface area contributed by atoms with E-state index >= 15 is 0 Å². The second kappa shape index (κ2) is 10.8. The minimum absolute atomic E-state index is 0.00619. The molecule has 0 saturated carbocycles. The third kappa shape index (κ3) is 5.13. The first kappa shape index (κ1) is 24.6. The average Bonchev–Trinajstić information content (AvgIpc) is 3.67. The number of aromatic nitrogens is 1. The van der Waals surface area contributed by atoms with Crippen LogP contribution in [0.3, 0.4) is 0 Å². The van der Waals surface area contributed by atoms with E-state index in [2.05, 4.69) is 40.2 Å². The van der Waals surface area contributed by atoms with E-state index in [0.717, 1.165) is 28.6 Å². The highest BCUT2D eigenvalue weighted by Crippen LogP contribution is 2.36. The maximum absolute atomic E-state index is 9.05. The molecule has 0 aliphatic heterocycles. The molecule has 7 nitrogen and oxygen atoms in total. The van der Waals surface area contributed by atoms with E-state index in [1.165, 1.54) is 12.2 Å². The van der Waals surface area contributed by atoms with Gasteiger partial charge in [0.1, 0.15) is 17.3 Å². The standard InChI is InChI=1S/C30H21N5O2/c1-5-20(2)35-27-16-22(29-13-11-25(36-29)8-6-7-23(18-31)33-3)10-9-21(27)15-28(35)30-14-12-26(37-30)17-24(19-32)34-4/h6-17,20H,5H2,1-2H3/b8-6+,23-7-,24-17+. The van der Waals surface area contributed by atoms with Gasteiger partial charge in [-0.05, 0) is 68.0 Å². The van der Waals surface area contributed by atoms with E-state index in [1.54, 1.807) is 18.2 Å². The van der Waals surface area contributed by atoms with Crippen molar-refractivity contribution in [3.05, 3.63) is 106 Å². The lowest BCUT2D eigenvalue weighted by Crippen LogP contribution is -2.05. The Bertz CT molecular complexity index is 1700. The van der Waals surface area contributed by atoms with Crippen LogP contribution in [0.2, 0.25) is 0 Å². The number of benzene rings is 1. The zero-order valence-electron chi connectivity index (χ0n) is 20.3. The summed E-state index contributed by atoms with van der Waals surface area (Å²) in [6.07, 6.45) is 7.11. The third-order valence-electron chi connectivity index (χ3n) is 5.93. The van der Waals surface area contributed by atoms with Gasteiger partial charge in [-0.15, -0.1) is 0 Å². The lowest BCUT2D eigenvalue weighted by molar-refractivity contribution is 0.528. The van der Waals surface area contributed by atoms with Crippen molar-refractivity contribution in [2.45, 2.75) is 26.3 Å². The maximum Gasteiger partial charge on any atom is 0.265 e. The van der Waals surface area contributed by atoms with E-state index in [1.807, 2.05) is 42.5 Å². The fourth-order valence-corrected chi connectivity index (χ4v) is 3.95. The minimum atomic E-state index is -0.0337. The van der Waals surface area contributed by atoms with Gasteiger partial charge in [0, 0.05) is 22.5 Å². The molecule has 0 spiro atoms. The zero-order valence-corrected chi connectivity index (χ0v) is 20.3. The molecule has 0 fully saturated rings. The monoisotopic (exact) mass is 483 g/mol. The van der Waals surface area contributed by atoms with Crippen molar-refractivity contribution in [1.29, 1.82) is 10.5 Å². The highest BCUT2D eigenvalue weighted by molar-refractivity contribution is 5.89. The Morgan fingerprint density at radius 3 is 2.38 bits per heavy atom. The molecule has 0 aliphatic rings. The summed E-state index contributed by atoms with van der Waals surface area (Å²) < 4.78 is 14.2. The van der Waals surface area contributed by atoms with Crippen molar-refractivity contribution in [3.63, 3.8) is 0 Å². The molecule has 178 valence electrons. The fourth-order valence-electron chi connectivity index (χ4n) is 3.95. The molecule has 0 amide bonds. The minimum Gasteiger partial charge on any atom is -0.457 e. The number of nitrogens with zero attached hydrogens (tertiary/aromatic N) is 5. The van der Waals surface area contributed by atoms with Crippen molar-refractivity contribution in [2.24, 2.45) is 0 Å². The number of fused-ring (bicyclic) bond motifs is 1. The van der Waals surface area contributed by atoms with Gasteiger partial charge in [0.25, 0.3) is 11.4 Å². The van der Waals surface area contributed by atoms with Gasteiger partial charge in [-0.25, -0.2) is 20.2 Å². The van der Waals surface area contributed by atoms with Gasteiger partial charge in [0.05, 0.1) is 31.0 Å². The molecule has 0 aliphatic carbocycles. The lowest BCUT2D eigenvalue weighted by atomic mass is 10.1. The van der Waals surface area contributed by atoms with Gasteiger partial charge in [-0.1, -0.05) is 25.1 Å². The molecule has 0 bridgehead atoms. The third-order valence-corrected chi connectivity index (χ3v) is 5.93. The van der Waals surface area contributed by atoms with Crippen LogP contribution in [0.25, 0.3) is 55.5 Å². The predicted molar refractivity (Wildman–Crippen MR) is 142 cm³/mol. The first-order chi connectivity index (χ1) is 18.0. The van der Waals surface area contributed by atoms with Crippen molar-refractivity contribution < 1.29 is 8.83 Å². The maximum atomic E-state index is 9.05. The highest BCUT2D eigenvalue weighted by Gasteiger charge is 2.18. The molecule has 7 heteroatoms. The van der Waals surface area contributed by atoms with Crippen molar-refractivity contribution >= 4 is 23.1 Å². The van der Waals surface area contributed by atoms with E-state index in [4.69, 9.17) is 32.5 Å². The summed E-state index contributed by atoms with van der Waals surface area (Å²) in [4.78, 5) is 6.32. The van der Waals surface area contributed by atoms with Crippen LogP contribution in [0, 0.1) is 35.8 Å². The summed E-state index contributed by atoms with van der Waals surface area (Å²) in [7, 11) is 0. The largest absolute Gasteiger partial charge is 0.457 e. The second-order valence-electron chi connectivity index (χ2n) is 8.22. The number of rotatable bonds is 7. The van der Waals surface area contributed by atoms with Crippen LogP contribution in [-0.2, 0) is 0 Å². The Hall–Kier alpha value is -5.50. The van der Waals surface area contributed by atoms with E-state index < -0.39 is 0 Å². The van der Waals surface area contributed by atoms with Crippen molar-refractivity contribution in [2.75, 3.05) is 0 Å². The summed E-state index contributed by atoms with van der Waals surface area (Å²) in [6, 6.07) is 19.4. The van der Waals surface area contributed by atoms with Crippen LogP contribution >= 0.6 is 0 Å². The Labute approximate surface area is 214 Å². The first-order valence-corrected chi connectivity index (χ1v) is 11.5. The summed E-state index contributed by atoms with van der Waals surface area (Å²) in [6.45, 7) is 18.3. The van der Waals surface area contributed by atoms with Crippen LogP contribution in [0.4, 0.5) is 0 Å². The molecule has 0 saturated heterocycles. The Morgan fingerprint density at radius 1 is 0.973 bits per heavy atom. The van der Waals surface area contributed by atoms with Gasteiger partial charge < -0.3 is 13.4 Å². The molecule has 3 aromatic heterocycles. The van der Waals surface area contributed by atoms with Crippen LogP contribution in [-0.4, -0.2) is 4.57 Å². The molecule has 1 atom stereocenters. The normalized spacial score (nSPS) is 12.7. The molecule has 0 radical (unpaired) electrons. The van der Waals surface area contributed by atoms with Crippen molar-refractivity contribution in [3.8, 4) is 34.9 Å². The van der Waals surface area contributed by atoms with Gasteiger partial charge in [0.15, 0.2) is 5.76 Å². The number of allylic oxidation sites excluding steroid dienone is 4. The molecule has 3 heterocycles. The number of furan rings is 2. The van der Waals surface area contributed by atoms with Crippen LogP contribution in [0.15, 0.2) is 80.9 Å². The molecule has 4 rings (SSSR count). The lowest BCUT2D eigenvalue weighted by Gasteiger charge is -2.16. The van der Waals surface area contributed by atoms with Gasteiger partial charge >= 0.3 is 0 Å². The van der Waals surface area contributed by atoms with E-state index in [-0.39, 0.29) is 17.4 Å². The number of hydrogen-bond donors (Lipinski definition) is 0. The molecular formula is C30H21N5O2. The average molecular weight is 484 g/mol. The van der Waals surface area contributed by atoms with Gasteiger partial charge in [0.2, 0.25) is 0 Å². The Kier molecular flexibility index (Phi) is 7.21. The second-order valence-corrected chi connectivity index (χ2v) is 8.22. The molecule has 0 N–H and O–H groups in total. The predicted octanol–water partition coefficient (Wildman–Crippen LogP) is 8.26. The topological polar surface area (TPSA) is 87.5 Å². The van der Waals surface area contributed by atoms with Crippen LogP contribution in [0.1, 0.15) is 37.8 Å². The fraction of sp³-hybridized carbons (Fsp3) is 0.133. The van der Waals surface area contributed by atoms with Crippen molar-refractivity contribution in [1.82, 2.24) is 4.57 Å². The zero-order chi connectivity index (χ0) is 26.4. The Morgan fingerprint density at radius 2 is 1.68 bits per heavy atom. The van der Waals surface area contributed by atoms with Crippen LogP contribution in [0.5, 0.6) is 0 Å². The van der Waals surface area contributed by atoms with E-state index in [9.17, 15) is 0 Å². The number of nitriles is 2. The molecule has 4 aromatic rings. The van der Waals surface area contributed by atoms with Crippen LogP contribution < -0.4 is 0 Å². The highest BCUT2D eigenvalue weighted by atomic mass is 16.3.